The maximum Gasteiger partial charge on any atom is 0.223 e. The van der Waals surface area contributed by atoms with Crippen molar-refractivity contribution < 1.29 is 13.9 Å². The van der Waals surface area contributed by atoms with Gasteiger partial charge in [0.05, 0.1) is 25.5 Å². The third-order valence-corrected chi connectivity index (χ3v) is 4.30. The number of carbonyl (C=O) groups is 1. The Morgan fingerprint density at radius 3 is 2.80 bits per heavy atom. The minimum Gasteiger partial charge on any atom is -0.468 e. The summed E-state index contributed by atoms with van der Waals surface area (Å²) in [6, 6.07) is 3.99. The lowest BCUT2D eigenvalue weighted by Crippen LogP contribution is -2.45. The summed E-state index contributed by atoms with van der Waals surface area (Å²) < 4.78 is 10.9. The average molecular weight is 278 g/mol. The van der Waals surface area contributed by atoms with Crippen LogP contribution in [-0.2, 0) is 9.53 Å². The molecular formula is C15H22N2O3. The van der Waals surface area contributed by atoms with Gasteiger partial charge in [-0.2, -0.15) is 0 Å². The van der Waals surface area contributed by atoms with Crippen molar-refractivity contribution in [2.24, 2.45) is 5.92 Å². The fraction of sp³-hybridized carbons (Fsp3) is 0.667. The summed E-state index contributed by atoms with van der Waals surface area (Å²) in [4.78, 5) is 14.3. The van der Waals surface area contributed by atoms with Crippen LogP contribution in [0.1, 0.15) is 31.1 Å². The van der Waals surface area contributed by atoms with Gasteiger partial charge in [-0.1, -0.05) is 6.42 Å². The molecule has 2 aliphatic rings. The van der Waals surface area contributed by atoms with Crippen molar-refractivity contribution in [3.05, 3.63) is 24.2 Å². The van der Waals surface area contributed by atoms with Crippen molar-refractivity contribution in [3.8, 4) is 0 Å². The van der Waals surface area contributed by atoms with Crippen LogP contribution in [0.15, 0.2) is 22.8 Å². The Bertz CT molecular complexity index is 422. The quantitative estimate of drug-likeness (QED) is 0.888. The zero-order valence-electron chi connectivity index (χ0n) is 11.7. The Balaban J connectivity index is 1.61. The van der Waals surface area contributed by atoms with Crippen LogP contribution in [0.25, 0.3) is 0 Å². The molecule has 1 amide bonds. The second-order valence-corrected chi connectivity index (χ2v) is 5.55. The second kappa shape index (κ2) is 6.41. The smallest absolute Gasteiger partial charge is 0.223 e. The fourth-order valence-electron chi connectivity index (χ4n) is 2.79. The van der Waals surface area contributed by atoms with Gasteiger partial charge in [-0.05, 0) is 25.0 Å². The maximum atomic E-state index is 12.0. The third-order valence-electron chi connectivity index (χ3n) is 4.30. The van der Waals surface area contributed by atoms with E-state index in [0.29, 0.717) is 6.54 Å². The number of rotatable bonds is 5. The van der Waals surface area contributed by atoms with Crippen molar-refractivity contribution in [2.45, 2.75) is 25.3 Å². The highest BCUT2D eigenvalue weighted by Crippen LogP contribution is 2.27. The molecule has 1 unspecified atom stereocenters. The van der Waals surface area contributed by atoms with Gasteiger partial charge in [-0.15, -0.1) is 0 Å². The molecule has 5 heteroatoms. The van der Waals surface area contributed by atoms with Crippen molar-refractivity contribution >= 4 is 5.91 Å². The van der Waals surface area contributed by atoms with E-state index in [1.807, 2.05) is 12.1 Å². The molecule has 1 aliphatic carbocycles. The number of amides is 1. The summed E-state index contributed by atoms with van der Waals surface area (Å²) in [5.74, 6) is 1.35. The molecule has 2 heterocycles. The number of hydrogen-bond donors (Lipinski definition) is 1. The Labute approximate surface area is 119 Å². The summed E-state index contributed by atoms with van der Waals surface area (Å²) >= 11 is 0. The highest BCUT2D eigenvalue weighted by molar-refractivity contribution is 5.79. The summed E-state index contributed by atoms with van der Waals surface area (Å²) in [7, 11) is 0. The second-order valence-electron chi connectivity index (χ2n) is 5.55. The molecule has 1 atom stereocenters. The Morgan fingerprint density at radius 1 is 1.40 bits per heavy atom. The van der Waals surface area contributed by atoms with Gasteiger partial charge in [0.15, 0.2) is 0 Å². The molecule has 110 valence electrons. The Hall–Kier alpha value is -1.33. The predicted octanol–water partition coefficient (Wildman–Crippen LogP) is 1.57. The summed E-state index contributed by atoms with van der Waals surface area (Å²) in [6.45, 7) is 3.86. The van der Waals surface area contributed by atoms with Crippen molar-refractivity contribution in [2.75, 3.05) is 32.8 Å². The first-order valence-electron chi connectivity index (χ1n) is 7.47. The first-order valence-corrected chi connectivity index (χ1v) is 7.47. The van der Waals surface area contributed by atoms with E-state index in [1.165, 1.54) is 6.42 Å². The molecule has 1 aromatic heterocycles. The van der Waals surface area contributed by atoms with Crippen LogP contribution in [0.3, 0.4) is 0 Å². The predicted molar refractivity (Wildman–Crippen MR) is 74.2 cm³/mol. The van der Waals surface area contributed by atoms with E-state index in [-0.39, 0.29) is 17.9 Å². The molecular weight excluding hydrogens is 256 g/mol. The van der Waals surface area contributed by atoms with Crippen LogP contribution < -0.4 is 5.32 Å². The highest BCUT2D eigenvalue weighted by atomic mass is 16.5. The standard InChI is InChI=1S/C15H22N2O3/c18-15(12-3-1-4-12)16-11-13(14-5-2-8-20-14)17-6-9-19-10-7-17/h2,5,8,12-13H,1,3-4,6-7,9-11H2,(H,16,18). The van der Waals surface area contributed by atoms with Crippen LogP contribution >= 0.6 is 0 Å². The molecule has 1 aliphatic heterocycles. The molecule has 0 radical (unpaired) electrons. The Morgan fingerprint density at radius 2 is 2.20 bits per heavy atom. The molecule has 2 fully saturated rings. The number of nitrogens with one attached hydrogen (secondary N) is 1. The minimum atomic E-state index is 0.109. The van der Waals surface area contributed by atoms with Gasteiger partial charge in [-0.25, -0.2) is 0 Å². The van der Waals surface area contributed by atoms with Crippen LogP contribution in [-0.4, -0.2) is 43.7 Å². The SMILES string of the molecule is O=C(NCC(c1ccco1)N1CCOCC1)C1CCC1. The highest BCUT2D eigenvalue weighted by Gasteiger charge is 2.28. The van der Waals surface area contributed by atoms with E-state index in [0.717, 1.165) is 44.9 Å². The minimum absolute atomic E-state index is 0.109. The van der Waals surface area contributed by atoms with Gasteiger partial charge >= 0.3 is 0 Å². The fourth-order valence-corrected chi connectivity index (χ4v) is 2.79. The first kappa shape index (κ1) is 13.6. The maximum absolute atomic E-state index is 12.0. The first-order chi connectivity index (χ1) is 9.84. The third kappa shape index (κ3) is 3.04. The molecule has 0 bridgehead atoms. The zero-order chi connectivity index (χ0) is 13.8. The van der Waals surface area contributed by atoms with Crippen molar-refractivity contribution in [3.63, 3.8) is 0 Å². The van der Waals surface area contributed by atoms with E-state index in [2.05, 4.69) is 10.2 Å². The average Bonchev–Trinajstić information content (AvgIpc) is 2.92. The molecule has 1 N–H and O–H groups in total. The van der Waals surface area contributed by atoms with Gasteiger partial charge in [-0.3, -0.25) is 9.69 Å². The van der Waals surface area contributed by atoms with Gasteiger partial charge in [0.25, 0.3) is 0 Å². The number of morpholine rings is 1. The van der Waals surface area contributed by atoms with Gasteiger partial charge in [0.2, 0.25) is 5.91 Å². The molecule has 0 aromatic carbocycles. The lowest BCUT2D eigenvalue weighted by molar-refractivity contribution is -0.127. The van der Waals surface area contributed by atoms with E-state index in [9.17, 15) is 4.79 Å². The van der Waals surface area contributed by atoms with Crippen LogP contribution in [0.5, 0.6) is 0 Å². The van der Waals surface area contributed by atoms with E-state index < -0.39 is 0 Å². The number of hydrogen-bond acceptors (Lipinski definition) is 4. The molecule has 1 aromatic rings. The largest absolute Gasteiger partial charge is 0.468 e. The van der Waals surface area contributed by atoms with E-state index in [4.69, 9.17) is 9.15 Å². The lowest BCUT2D eigenvalue weighted by atomic mass is 9.85. The number of ether oxygens (including phenoxy) is 1. The van der Waals surface area contributed by atoms with E-state index in [1.54, 1.807) is 6.26 Å². The number of furan rings is 1. The molecule has 1 saturated heterocycles. The lowest BCUT2D eigenvalue weighted by Gasteiger charge is -2.34. The summed E-state index contributed by atoms with van der Waals surface area (Å²) in [5, 5.41) is 3.09. The van der Waals surface area contributed by atoms with Gasteiger partial charge in [0.1, 0.15) is 5.76 Å². The normalized spacial score (nSPS) is 22.2. The number of carbonyl (C=O) groups excluding carboxylic acids is 1. The van der Waals surface area contributed by atoms with Crippen molar-refractivity contribution in [1.82, 2.24) is 10.2 Å². The monoisotopic (exact) mass is 278 g/mol. The Kier molecular flexibility index (Phi) is 4.38. The molecule has 5 nitrogen and oxygen atoms in total. The molecule has 0 spiro atoms. The van der Waals surface area contributed by atoms with E-state index >= 15 is 0 Å². The topological polar surface area (TPSA) is 54.7 Å². The van der Waals surface area contributed by atoms with Crippen LogP contribution in [0.4, 0.5) is 0 Å². The van der Waals surface area contributed by atoms with Crippen LogP contribution in [0.2, 0.25) is 0 Å². The van der Waals surface area contributed by atoms with Gasteiger partial charge in [0, 0.05) is 25.6 Å². The zero-order valence-corrected chi connectivity index (χ0v) is 11.7. The summed E-state index contributed by atoms with van der Waals surface area (Å²) in [6.07, 6.45) is 4.95. The molecule has 20 heavy (non-hydrogen) atoms. The molecule has 3 rings (SSSR count). The summed E-state index contributed by atoms with van der Waals surface area (Å²) in [5.41, 5.74) is 0. The van der Waals surface area contributed by atoms with Crippen molar-refractivity contribution in [1.29, 1.82) is 0 Å². The molecule has 1 saturated carbocycles. The number of nitrogens with zero attached hydrogens (tertiary/aromatic N) is 1. The van der Waals surface area contributed by atoms with Gasteiger partial charge < -0.3 is 14.5 Å². The van der Waals surface area contributed by atoms with Crippen LogP contribution in [0, 0.1) is 5.92 Å².